The van der Waals surface area contributed by atoms with Gasteiger partial charge >= 0.3 is 0 Å². The van der Waals surface area contributed by atoms with Gasteiger partial charge in [0.2, 0.25) is 0 Å². The van der Waals surface area contributed by atoms with Crippen LogP contribution in [0.25, 0.3) is 5.57 Å². The quantitative estimate of drug-likeness (QED) is 0.592. The Balaban J connectivity index is 2.70. The molecule has 0 unspecified atom stereocenters. The van der Waals surface area contributed by atoms with E-state index in [1.54, 1.807) is 6.08 Å². The van der Waals surface area contributed by atoms with Gasteiger partial charge in [-0.25, -0.2) is 9.79 Å². The minimum absolute atomic E-state index is 0.505. The lowest BCUT2D eigenvalue weighted by Crippen LogP contribution is -1.91. The third-order valence-electron chi connectivity index (χ3n) is 1.97. The Morgan fingerprint density at radius 2 is 2.15 bits per heavy atom. The van der Waals surface area contributed by atoms with Crippen molar-refractivity contribution in [3.63, 3.8) is 0 Å². The van der Waals surface area contributed by atoms with Crippen molar-refractivity contribution in [1.29, 1.82) is 0 Å². The smallest absolute Gasteiger partial charge is 0.135 e. The number of hydrogen-bond donors (Lipinski definition) is 0. The molecule has 0 bridgehead atoms. The Bertz CT molecular complexity index is 451. The fourth-order valence-corrected chi connectivity index (χ4v) is 1.36. The lowest BCUT2D eigenvalue weighted by Gasteiger charge is -1.93. The van der Waals surface area contributed by atoms with Gasteiger partial charge in [-0.2, -0.15) is 0 Å². The molecule has 2 nitrogen and oxygen atoms in total. The summed E-state index contributed by atoms with van der Waals surface area (Å²) in [7, 11) is 0. The second kappa shape index (κ2) is 2.85. The fraction of sp³-hybridized carbons (Fsp3) is 0. The molecule has 0 N–H and O–H groups in total. The minimum atomic E-state index is 0.505. The van der Waals surface area contributed by atoms with E-state index in [1.165, 1.54) is 0 Å². The van der Waals surface area contributed by atoms with Crippen molar-refractivity contribution in [2.45, 2.75) is 0 Å². The first kappa shape index (κ1) is 7.71. The monoisotopic (exact) mass is 169 g/mol. The molecule has 0 fully saturated rings. The van der Waals surface area contributed by atoms with Gasteiger partial charge in [0.05, 0.1) is 17.0 Å². The van der Waals surface area contributed by atoms with Crippen LogP contribution in [-0.2, 0) is 4.79 Å². The molecule has 0 radical (unpaired) electrons. The molecule has 0 amide bonds. The second-order valence-corrected chi connectivity index (χ2v) is 2.70. The predicted molar refractivity (Wildman–Crippen MR) is 52.8 cm³/mol. The van der Waals surface area contributed by atoms with Gasteiger partial charge in [0.25, 0.3) is 0 Å². The molecule has 0 aliphatic carbocycles. The molecular formula is C11H7NO. The van der Waals surface area contributed by atoms with Crippen molar-refractivity contribution in [2.75, 3.05) is 0 Å². The summed E-state index contributed by atoms with van der Waals surface area (Å²) < 4.78 is 0. The first-order valence-corrected chi connectivity index (χ1v) is 3.93. The first-order chi connectivity index (χ1) is 6.36. The van der Waals surface area contributed by atoms with Gasteiger partial charge in [-0.1, -0.05) is 24.8 Å². The second-order valence-electron chi connectivity index (χ2n) is 2.70. The fourth-order valence-electron chi connectivity index (χ4n) is 1.36. The Morgan fingerprint density at radius 3 is 2.85 bits per heavy atom. The van der Waals surface area contributed by atoms with Crippen molar-refractivity contribution in [3.8, 4) is 0 Å². The van der Waals surface area contributed by atoms with Crippen LogP contribution in [0.2, 0.25) is 0 Å². The molecule has 13 heavy (non-hydrogen) atoms. The number of aliphatic imine (C=N–C) groups is 1. The normalized spacial score (nSPS) is 13.2. The van der Waals surface area contributed by atoms with Gasteiger partial charge in [0, 0.05) is 5.56 Å². The zero-order valence-electron chi connectivity index (χ0n) is 6.95. The summed E-state index contributed by atoms with van der Waals surface area (Å²) in [6, 6.07) is 7.48. The van der Waals surface area contributed by atoms with E-state index in [0.717, 1.165) is 11.3 Å². The summed E-state index contributed by atoms with van der Waals surface area (Å²) in [6.45, 7) is 3.59. The average molecular weight is 169 g/mol. The van der Waals surface area contributed by atoms with Crippen LogP contribution in [0, 0.1) is 0 Å². The van der Waals surface area contributed by atoms with Crippen LogP contribution in [0.4, 0.5) is 5.69 Å². The number of allylic oxidation sites excluding steroid dienone is 2. The van der Waals surface area contributed by atoms with Crippen LogP contribution in [0.3, 0.4) is 0 Å². The molecule has 1 aliphatic heterocycles. The van der Waals surface area contributed by atoms with E-state index in [-0.39, 0.29) is 0 Å². The third-order valence-corrected chi connectivity index (χ3v) is 1.97. The number of hydrogen-bond acceptors (Lipinski definition) is 2. The van der Waals surface area contributed by atoms with E-state index in [9.17, 15) is 4.79 Å². The Hall–Kier alpha value is -1.92. The van der Waals surface area contributed by atoms with E-state index in [1.807, 2.05) is 30.2 Å². The highest BCUT2D eigenvalue weighted by Gasteiger charge is 2.18. The number of fused-ring (bicyclic) bond motifs is 1. The van der Waals surface area contributed by atoms with Crippen molar-refractivity contribution >= 4 is 22.9 Å². The highest BCUT2D eigenvalue weighted by Crippen LogP contribution is 2.32. The highest BCUT2D eigenvalue weighted by atomic mass is 16.1. The molecule has 2 rings (SSSR count). The first-order valence-electron chi connectivity index (χ1n) is 3.93. The number of carbonyl (C=O) groups excluding carboxylic acids is 1. The average Bonchev–Trinajstić information content (AvgIpc) is 2.55. The maximum absolute atomic E-state index is 10.6. The van der Waals surface area contributed by atoms with Crippen LogP contribution in [0.5, 0.6) is 0 Å². The Labute approximate surface area is 75.9 Å². The topological polar surface area (TPSA) is 29.4 Å². The van der Waals surface area contributed by atoms with Gasteiger partial charge in [0.1, 0.15) is 5.94 Å². The van der Waals surface area contributed by atoms with Crippen LogP contribution >= 0.6 is 0 Å². The van der Waals surface area contributed by atoms with Crippen LogP contribution in [0.15, 0.2) is 41.9 Å². The zero-order valence-corrected chi connectivity index (χ0v) is 6.95. The lowest BCUT2D eigenvalue weighted by molar-refractivity contribution is 0.570. The van der Waals surface area contributed by atoms with Crippen molar-refractivity contribution in [2.24, 2.45) is 4.99 Å². The van der Waals surface area contributed by atoms with Gasteiger partial charge < -0.3 is 0 Å². The molecule has 1 heterocycles. The maximum Gasteiger partial charge on any atom is 0.135 e. The standard InChI is InChI=1S/C11H7NO/c1-2-10-9(7-13)8-5-3-4-6-11(8)12-10/h2-6H,1H2. The van der Waals surface area contributed by atoms with Crippen molar-refractivity contribution in [3.05, 3.63) is 42.5 Å². The summed E-state index contributed by atoms with van der Waals surface area (Å²) in [4.78, 5) is 14.9. The van der Waals surface area contributed by atoms with Crippen LogP contribution < -0.4 is 0 Å². The lowest BCUT2D eigenvalue weighted by atomic mass is 10.1. The number of benzene rings is 1. The van der Waals surface area contributed by atoms with E-state index < -0.39 is 0 Å². The van der Waals surface area contributed by atoms with Gasteiger partial charge in [-0.05, 0) is 12.1 Å². The van der Waals surface area contributed by atoms with E-state index in [4.69, 9.17) is 0 Å². The zero-order chi connectivity index (χ0) is 9.26. The Morgan fingerprint density at radius 1 is 1.38 bits per heavy atom. The molecule has 1 aliphatic rings. The number of nitrogens with zero attached hydrogens (tertiary/aromatic N) is 1. The number of para-hydroxylation sites is 1. The molecule has 0 saturated heterocycles. The summed E-state index contributed by atoms with van der Waals surface area (Å²) in [5.74, 6) is 1.89. The van der Waals surface area contributed by atoms with Crippen LogP contribution in [-0.4, -0.2) is 11.7 Å². The maximum atomic E-state index is 10.6. The van der Waals surface area contributed by atoms with E-state index >= 15 is 0 Å². The van der Waals surface area contributed by atoms with E-state index in [2.05, 4.69) is 11.6 Å². The number of rotatable bonds is 1. The molecule has 62 valence electrons. The summed E-state index contributed by atoms with van der Waals surface area (Å²) >= 11 is 0. The Kier molecular flexibility index (Phi) is 1.69. The van der Waals surface area contributed by atoms with Gasteiger partial charge in [-0.3, -0.25) is 0 Å². The van der Waals surface area contributed by atoms with Crippen molar-refractivity contribution < 1.29 is 4.79 Å². The summed E-state index contributed by atoms with van der Waals surface area (Å²) in [6.07, 6.45) is 1.57. The molecular weight excluding hydrogens is 162 g/mol. The predicted octanol–water partition coefficient (Wildman–Crippen LogP) is 2.17. The van der Waals surface area contributed by atoms with Gasteiger partial charge in [-0.15, -0.1) is 0 Å². The van der Waals surface area contributed by atoms with Crippen molar-refractivity contribution in [1.82, 2.24) is 0 Å². The molecule has 0 spiro atoms. The highest BCUT2D eigenvalue weighted by molar-refractivity contribution is 6.39. The summed E-state index contributed by atoms with van der Waals surface area (Å²) in [5, 5.41) is 0. The molecule has 0 aromatic heterocycles. The minimum Gasteiger partial charge on any atom is -0.247 e. The molecule has 1 aromatic rings. The van der Waals surface area contributed by atoms with Crippen LogP contribution in [0.1, 0.15) is 5.56 Å². The molecule has 1 aromatic carbocycles. The largest absolute Gasteiger partial charge is 0.247 e. The SMILES string of the molecule is C=CC1=Nc2ccccc2C1=C=O. The third kappa shape index (κ3) is 1.05. The molecule has 0 atom stereocenters. The van der Waals surface area contributed by atoms with Gasteiger partial charge in [0.15, 0.2) is 0 Å². The molecule has 2 heteroatoms. The van der Waals surface area contributed by atoms with E-state index in [0.29, 0.717) is 11.3 Å². The molecule has 0 saturated carbocycles. The summed E-state index contributed by atoms with van der Waals surface area (Å²) in [5.41, 5.74) is 2.77.